The smallest absolute Gasteiger partial charge is 0.128 e. The van der Waals surface area contributed by atoms with Gasteiger partial charge in [0.1, 0.15) is 5.82 Å². The fraction of sp³-hybridized carbons (Fsp3) is 0.688. The van der Waals surface area contributed by atoms with E-state index >= 15 is 0 Å². The maximum atomic E-state index is 5.93. The molecule has 1 aromatic rings. The Morgan fingerprint density at radius 1 is 1.48 bits per heavy atom. The van der Waals surface area contributed by atoms with Crippen molar-refractivity contribution in [1.29, 1.82) is 0 Å². The molecule has 21 heavy (non-hydrogen) atoms. The summed E-state index contributed by atoms with van der Waals surface area (Å²) in [6, 6.07) is 4.23. The Kier molecular flexibility index (Phi) is 5.56. The second kappa shape index (κ2) is 7.20. The van der Waals surface area contributed by atoms with E-state index in [1.54, 1.807) is 7.11 Å². The lowest BCUT2D eigenvalue weighted by molar-refractivity contribution is -0.0751. The van der Waals surface area contributed by atoms with Gasteiger partial charge in [-0.1, -0.05) is 6.07 Å². The molecule has 0 amide bonds. The van der Waals surface area contributed by atoms with Crippen molar-refractivity contribution in [2.45, 2.75) is 39.0 Å². The molecule has 5 heteroatoms. The molecule has 1 fully saturated rings. The molecule has 0 saturated carbocycles. The van der Waals surface area contributed by atoms with Gasteiger partial charge in [0.05, 0.1) is 18.3 Å². The van der Waals surface area contributed by atoms with Crippen LogP contribution in [0.3, 0.4) is 0 Å². The predicted octanol–water partition coefficient (Wildman–Crippen LogP) is 1.82. The Hall–Kier alpha value is -1.17. The Morgan fingerprint density at radius 2 is 2.29 bits per heavy atom. The van der Waals surface area contributed by atoms with E-state index in [0.29, 0.717) is 0 Å². The molecule has 1 N–H and O–H groups in total. The zero-order valence-corrected chi connectivity index (χ0v) is 13.6. The molecule has 1 aliphatic rings. The van der Waals surface area contributed by atoms with E-state index in [4.69, 9.17) is 9.47 Å². The number of rotatable bonds is 6. The second-order valence-electron chi connectivity index (χ2n) is 6.26. The number of ether oxygens (including phenoxy) is 2. The lowest BCUT2D eigenvalue weighted by atomic mass is 10.1. The highest BCUT2D eigenvalue weighted by atomic mass is 16.5. The van der Waals surface area contributed by atoms with Gasteiger partial charge in [0.25, 0.3) is 0 Å². The minimum atomic E-state index is -0.125. The van der Waals surface area contributed by atoms with E-state index in [0.717, 1.165) is 38.6 Å². The van der Waals surface area contributed by atoms with Crippen LogP contribution in [0, 0.1) is 0 Å². The number of hydrogen-bond donors (Lipinski definition) is 1. The van der Waals surface area contributed by atoms with Gasteiger partial charge in [-0.05, 0) is 32.4 Å². The van der Waals surface area contributed by atoms with Crippen molar-refractivity contribution in [1.82, 2.24) is 10.3 Å². The molecule has 118 valence electrons. The molecule has 0 aromatic carbocycles. The average molecular weight is 293 g/mol. The molecule has 2 rings (SSSR count). The number of morpholine rings is 1. The predicted molar refractivity (Wildman–Crippen MR) is 84.7 cm³/mol. The zero-order valence-electron chi connectivity index (χ0n) is 13.6. The van der Waals surface area contributed by atoms with Gasteiger partial charge in [-0.2, -0.15) is 0 Å². The van der Waals surface area contributed by atoms with Gasteiger partial charge in [-0.15, -0.1) is 0 Å². The Morgan fingerprint density at radius 3 is 2.90 bits per heavy atom. The third-order valence-electron chi connectivity index (χ3n) is 3.51. The van der Waals surface area contributed by atoms with E-state index in [1.165, 1.54) is 5.56 Å². The fourth-order valence-corrected chi connectivity index (χ4v) is 2.74. The Labute approximate surface area is 127 Å². The van der Waals surface area contributed by atoms with Gasteiger partial charge >= 0.3 is 0 Å². The summed E-state index contributed by atoms with van der Waals surface area (Å²) in [6.45, 7) is 10.5. The van der Waals surface area contributed by atoms with Crippen LogP contribution in [0.4, 0.5) is 5.82 Å². The van der Waals surface area contributed by atoms with Crippen LogP contribution in [0.15, 0.2) is 18.3 Å². The van der Waals surface area contributed by atoms with Crippen molar-refractivity contribution < 1.29 is 9.47 Å². The van der Waals surface area contributed by atoms with Crippen molar-refractivity contribution in [3.8, 4) is 0 Å². The number of methoxy groups -OCH3 is 1. The quantitative estimate of drug-likeness (QED) is 0.811. The minimum Gasteiger partial charge on any atom is -0.383 e. The van der Waals surface area contributed by atoms with Crippen LogP contribution < -0.4 is 10.2 Å². The standard InChI is InChI=1S/C16H27N3O2/c1-13-11-19(12-16(2,3)21-13)15-6-5-14(10-18-15)9-17-7-8-20-4/h5-6,10,13,17H,7-9,11-12H2,1-4H3. The highest BCUT2D eigenvalue weighted by molar-refractivity contribution is 5.40. The van der Waals surface area contributed by atoms with Gasteiger partial charge < -0.3 is 19.7 Å². The van der Waals surface area contributed by atoms with E-state index in [1.807, 2.05) is 6.20 Å². The molecule has 1 saturated heterocycles. The summed E-state index contributed by atoms with van der Waals surface area (Å²) in [5, 5.41) is 3.32. The van der Waals surface area contributed by atoms with Gasteiger partial charge in [0.15, 0.2) is 0 Å². The highest BCUT2D eigenvalue weighted by Gasteiger charge is 2.31. The molecule has 1 atom stereocenters. The lowest BCUT2D eigenvalue weighted by Crippen LogP contribution is -2.52. The summed E-state index contributed by atoms with van der Waals surface area (Å²) in [5.41, 5.74) is 1.06. The molecular formula is C16H27N3O2. The van der Waals surface area contributed by atoms with E-state index in [2.05, 4.69) is 48.1 Å². The molecule has 1 aliphatic heterocycles. The number of pyridine rings is 1. The van der Waals surface area contributed by atoms with Crippen molar-refractivity contribution >= 4 is 5.82 Å². The molecule has 1 aromatic heterocycles. The first-order chi connectivity index (χ1) is 10.00. The van der Waals surface area contributed by atoms with Crippen molar-refractivity contribution in [3.63, 3.8) is 0 Å². The molecule has 0 radical (unpaired) electrons. The van der Waals surface area contributed by atoms with Gasteiger partial charge in [-0.25, -0.2) is 4.98 Å². The molecular weight excluding hydrogens is 266 g/mol. The van der Waals surface area contributed by atoms with Crippen LogP contribution in [0.25, 0.3) is 0 Å². The largest absolute Gasteiger partial charge is 0.383 e. The van der Waals surface area contributed by atoms with E-state index < -0.39 is 0 Å². The van der Waals surface area contributed by atoms with E-state index in [-0.39, 0.29) is 11.7 Å². The summed E-state index contributed by atoms with van der Waals surface area (Å²) >= 11 is 0. The molecule has 0 aliphatic carbocycles. The lowest BCUT2D eigenvalue weighted by Gasteiger charge is -2.42. The summed E-state index contributed by atoms with van der Waals surface area (Å²) < 4.78 is 10.9. The van der Waals surface area contributed by atoms with Crippen molar-refractivity contribution in [2.24, 2.45) is 0 Å². The molecule has 0 spiro atoms. The van der Waals surface area contributed by atoms with Crippen molar-refractivity contribution in [3.05, 3.63) is 23.9 Å². The topological polar surface area (TPSA) is 46.6 Å². The minimum absolute atomic E-state index is 0.125. The first-order valence-electron chi connectivity index (χ1n) is 7.57. The third-order valence-corrected chi connectivity index (χ3v) is 3.51. The van der Waals surface area contributed by atoms with Gasteiger partial charge in [0, 0.05) is 39.5 Å². The number of aromatic nitrogens is 1. The van der Waals surface area contributed by atoms with Crippen LogP contribution in [0.2, 0.25) is 0 Å². The number of nitrogens with one attached hydrogen (secondary N) is 1. The van der Waals surface area contributed by atoms with Crippen LogP contribution in [0.1, 0.15) is 26.3 Å². The molecule has 5 nitrogen and oxygen atoms in total. The van der Waals surface area contributed by atoms with Crippen LogP contribution in [0.5, 0.6) is 0 Å². The second-order valence-corrected chi connectivity index (χ2v) is 6.26. The normalized spacial score (nSPS) is 21.5. The van der Waals surface area contributed by atoms with Crippen LogP contribution in [-0.4, -0.2) is 50.0 Å². The summed E-state index contributed by atoms with van der Waals surface area (Å²) in [6.07, 6.45) is 2.17. The maximum Gasteiger partial charge on any atom is 0.128 e. The number of nitrogens with zero attached hydrogens (tertiary/aromatic N) is 2. The zero-order chi connectivity index (χ0) is 15.3. The maximum absolute atomic E-state index is 5.93. The molecule has 2 heterocycles. The van der Waals surface area contributed by atoms with Crippen LogP contribution in [-0.2, 0) is 16.0 Å². The molecule has 1 unspecified atom stereocenters. The third kappa shape index (κ3) is 4.95. The Bertz CT molecular complexity index is 434. The summed E-state index contributed by atoms with van der Waals surface area (Å²) in [5.74, 6) is 1.03. The molecule has 0 bridgehead atoms. The fourth-order valence-electron chi connectivity index (χ4n) is 2.74. The van der Waals surface area contributed by atoms with Crippen LogP contribution >= 0.6 is 0 Å². The van der Waals surface area contributed by atoms with Gasteiger partial charge in [-0.3, -0.25) is 0 Å². The number of anilines is 1. The Balaban J connectivity index is 1.92. The first-order valence-corrected chi connectivity index (χ1v) is 7.57. The first kappa shape index (κ1) is 16.2. The monoisotopic (exact) mass is 293 g/mol. The summed E-state index contributed by atoms with van der Waals surface area (Å²) in [4.78, 5) is 6.90. The number of hydrogen-bond acceptors (Lipinski definition) is 5. The SMILES string of the molecule is COCCNCc1ccc(N2CC(C)OC(C)(C)C2)nc1. The average Bonchev–Trinajstić information content (AvgIpc) is 2.42. The highest BCUT2D eigenvalue weighted by Crippen LogP contribution is 2.24. The van der Waals surface area contributed by atoms with Crippen molar-refractivity contribution in [2.75, 3.05) is 38.3 Å². The van der Waals surface area contributed by atoms with Gasteiger partial charge in [0.2, 0.25) is 0 Å². The van der Waals surface area contributed by atoms with E-state index in [9.17, 15) is 0 Å². The summed E-state index contributed by atoms with van der Waals surface area (Å²) in [7, 11) is 1.71.